The van der Waals surface area contributed by atoms with E-state index in [1.54, 1.807) is 0 Å². The third kappa shape index (κ3) is 2.20. The lowest BCUT2D eigenvalue weighted by molar-refractivity contribution is -0.349. The van der Waals surface area contributed by atoms with Gasteiger partial charge in [0.2, 0.25) is 0 Å². The molecule has 0 saturated heterocycles. The Kier molecular flexibility index (Phi) is 2.62. The van der Waals surface area contributed by atoms with E-state index >= 15 is 0 Å². The van der Waals surface area contributed by atoms with E-state index in [1.807, 2.05) is 0 Å². The molecule has 0 heterocycles. The minimum atomic E-state index is -5.62. The zero-order valence-electron chi connectivity index (χ0n) is 3.68. The van der Waals surface area contributed by atoms with Gasteiger partial charge in [0, 0.05) is 0 Å². The molecule has 0 atom stereocenters. The largest absolute Gasteiger partial charge is 0.483 e. The zero-order valence-corrected chi connectivity index (χ0v) is 5.83. The van der Waals surface area contributed by atoms with Gasteiger partial charge in [-0.1, -0.05) is 0 Å². The highest BCUT2D eigenvalue weighted by atomic mass is 127. The maximum atomic E-state index is 11.3. The second-order valence-electron chi connectivity index (χ2n) is 1.09. The lowest BCUT2D eigenvalue weighted by Gasteiger charge is -2.14. The normalized spacial score (nSPS) is 14.0. The number of hydrogen-bond donors (Lipinski definition) is 0. The van der Waals surface area contributed by atoms with E-state index in [9.17, 15) is 22.0 Å². The molecule has 0 aromatic carbocycles. The summed E-state index contributed by atoms with van der Waals surface area (Å²) in [5.41, 5.74) is 0. The van der Waals surface area contributed by atoms with Gasteiger partial charge in [-0.3, -0.25) is 0 Å². The van der Waals surface area contributed by atoms with Gasteiger partial charge in [0.15, 0.2) is 0 Å². The molecule has 56 valence electrons. The van der Waals surface area contributed by atoms with Gasteiger partial charge in [0.05, 0.1) is 0 Å². The molecule has 0 aromatic rings. The van der Waals surface area contributed by atoms with Crippen LogP contribution in [0.1, 0.15) is 0 Å². The summed E-state index contributed by atoms with van der Waals surface area (Å²) in [7, 11) is 0. The lowest BCUT2D eigenvalue weighted by Crippen LogP contribution is -2.36. The summed E-state index contributed by atoms with van der Waals surface area (Å²) in [5.74, 6) is 0. The van der Waals surface area contributed by atoms with Gasteiger partial charge in [0.25, 0.3) is 0 Å². The van der Waals surface area contributed by atoms with Crippen LogP contribution in [0.4, 0.5) is 22.0 Å². The van der Waals surface area contributed by atoms with Crippen LogP contribution in [0, 0.1) is 0 Å². The Morgan fingerprint density at radius 2 is 1.33 bits per heavy atom. The molecule has 9 heavy (non-hydrogen) atoms. The van der Waals surface area contributed by atoms with E-state index in [1.165, 1.54) is 0 Å². The van der Waals surface area contributed by atoms with Crippen LogP contribution in [0.5, 0.6) is 0 Å². The monoisotopic (exact) mass is 262 g/mol. The molecular formula is C2F5IO. The predicted octanol–water partition coefficient (Wildman–Crippen LogP) is 2.51. The quantitative estimate of drug-likeness (QED) is 0.521. The summed E-state index contributed by atoms with van der Waals surface area (Å²) in [5, 5.41) is 0. The van der Waals surface area contributed by atoms with Gasteiger partial charge < -0.3 is 0 Å². The molecule has 0 aromatic heterocycles. The van der Waals surface area contributed by atoms with Crippen LogP contribution in [-0.4, -0.2) is 12.3 Å². The van der Waals surface area contributed by atoms with E-state index in [-0.39, 0.29) is 0 Å². The van der Waals surface area contributed by atoms with Crippen LogP contribution in [0.25, 0.3) is 0 Å². The Morgan fingerprint density at radius 1 is 1.00 bits per heavy atom. The molecule has 0 aliphatic rings. The molecule has 7 heteroatoms. The van der Waals surface area contributed by atoms with Crippen molar-refractivity contribution < 1.29 is 25.0 Å². The van der Waals surface area contributed by atoms with Gasteiger partial charge in [-0.15, -0.1) is 0 Å². The smallest absolute Gasteiger partial charge is 0.242 e. The number of rotatable bonds is 1. The molecule has 0 amide bonds. The molecule has 0 rings (SSSR count). The minimum absolute atomic E-state index is 0.485. The van der Waals surface area contributed by atoms with Gasteiger partial charge in [0.1, 0.15) is 23.0 Å². The van der Waals surface area contributed by atoms with Crippen molar-refractivity contribution in [3.63, 3.8) is 0 Å². The van der Waals surface area contributed by atoms with Crippen LogP contribution in [0.2, 0.25) is 0 Å². The highest BCUT2D eigenvalue weighted by molar-refractivity contribution is 14.1. The standard InChI is InChI=1S/C2F5IO/c3-1(4,5)2(6,7)9-8. The SMILES string of the molecule is FC(F)(F)C(F)(F)OI. The molecule has 0 N–H and O–H groups in total. The third-order valence-corrected chi connectivity index (χ3v) is 0.980. The maximum absolute atomic E-state index is 11.3. The molecule has 0 bridgehead atoms. The molecule has 0 saturated carbocycles. The Morgan fingerprint density at radius 3 is 1.33 bits per heavy atom. The maximum Gasteiger partial charge on any atom is 0.483 e. The second-order valence-corrected chi connectivity index (χ2v) is 1.53. The summed E-state index contributed by atoms with van der Waals surface area (Å²) >= 11 is 0.485. The van der Waals surface area contributed by atoms with Crippen LogP contribution in [0.15, 0.2) is 0 Å². The fraction of sp³-hybridized carbons (Fsp3) is 1.00. The van der Waals surface area contributed by atoms with Gasteiger partial charge in [-0.05, 0) is 0 Å². The zero-order chi connectivity index (χ0) is 7.71. The van der Waals surface area contributed by atoms with Crippen molar-refractivity contribution in [1.82, 2.24) is 0 Å². The Bertz CT molecular complexity index is 97.6. The van der Waals surface area contributed by atoms with Crippen LogP contribution in [0.3, 0.4) is 0 Å². The molecule has 0 spiro atoms. The Hall–Kier alpha value is 0.340. The summed E-state index contributed by atoms with van der Waals surface area (Å²) in [6.07, 6.45) is -10.7. The van der Waals surface area contributed by atoms with Gasteiger partial charge in [-0.25, -0.2) is 3.07 Å². The summed E-state index contributed by atoms with van der Waals surface area (Å²) in [6, 6.07) is 0. The highest BCUT2D eigenvalue weighted by Gasteiger charge is 2.59. The lowest BCUT2D eigenvalue weighted by atomic mass is 10.6. The molecule has 0 aliphatic carbocycles. The van der Waals surface area contributed by atoms with Crippen LogP contribution < -0.4 is 0 Å². The average Bonchev–Trinajstić information content (AvgIpc) is 1.64. The van der Waals surface area contributed by atoms with Crippen LogP contribution in [-0.2, 0) is 3.07 Å². The molecule has 0 fully saturated rings. The number of halogens is 6. The first-order valence-corrected chi connectivity index (χ1v) is 2.43. The fourth-order valence-electron chi connectivity index (χ4n) is 0.0437. The molecular weight excluding hydrogens is 262 g/mol. The van der Waals surface area contributed by atoms with Crippen LogP contribution >= 0.6 is 23.0 Å². The summed E-state index contributed by atoms with van der Waals surface area (Å²) in [6.45, 7) is 0. The van der Waals surface area contributed by atoms with Crippen molar-refractivity contribution in [2.45, 2.75) is 12.3 Å². The number of alkyl halides is 5. The third-order valence-electron chi connectivity index (χ3n) is 0.427. The van der Waals surface area contributed by atoms with Gasteiger partial charge in [-0.2, -0.15) is 22.0 Å². The molecule has 0 radical (unpaired) electrons. The van der Waals surface area contributed by atoms with E-state index < -0.39 is 12.3 Å². The second kappa shape index (κ2) is 2.52. The van der Waals surface area contributed by atoms with Crippen molar-refractivity contribution in [2.75, 3.05) is 0 Å². The van der Waals surface area contributed by atoms with E-state index in [2.05, 4.69) is 3.07 Å². The summed E-state index contributed by atoms with van der Waals surface area (Å²) in [4.78, 5) is 0. The highest BCUT2D eigenvalue weighted by Crippen LogP contribution is 2.37. The van der Waals surface area contributed by atoms with Crippen molar-refractivity contribution in [3.8, 4) is 0 Å². The molecule has 1 nitrogen and oxygen atoms in total. The average molecular weight is 262 g/mol. The first kappa shape index (κ1) is 9.34. The van der Waals surface area contributed by atoms with Crippen molar-refractivity contribution in [2.24, 2.45) is 0 Å². The van der Waals surface area contributed by atoms with Crippen molar-refractivity contribution in [3.05, 3.63) is 0 Å². The summed E-state index contributed by atoms with van der Waals surface area (Å²) < 4.78 is 58.3. The van der Waals surface area contributed by atoms with Gasteiger partial charge >= 0.3 is 12.3 Å². The van der Waals surface area contributed by atoms with Crippen molar-refractivity contribution >= 4 is 23.0 Å². The van der Waals surface area contributed by atoms with E-state index in [0.717, 1.165) is 0 Å². The first-order valence-electron chi connectivity index (χ1n) is 1.55. The predicted molar refractivity (Wildman–Crippen MR) is 26.1 cm³/mol. The molecule has 0 aliphatic heterocycles. The first-order chi connectivity index (χ1) is 3.81. The van der Waals surface area contributed by atoms with E-state index in [4.69, 9.17) is 0 Å². The number of hydrogen-bond acceptors (Lipinski definition) is 1. The minimum Gasteiger partial charge on any atom is -0.242 e. The Balaban J connectivity index is 4.14. The Labute approximate surface area is 60.9 Å². The van der Waals surface area contributed by atoms with Crippen molar-refractivity contribution in [1.29, 1.82) is 0 Å². The fourth-order valence-corrected chi connectivity index (χ4v) is 0.293. The molecule has 0 unspecified atom stereocenters. The topological polar surface area (TPSA) is 9.23 Å². The van der Waals surface area contributed by atoms with E-state index in [0.29, 0.717) is 23.0 Å².